The summed E-state index contributed by atoms with van der Waals surface area (Å²) in [6.07, 6.45) is 5.02. The predicted octanol–water partition coefficient (Wildman–Crippen LogP) is 2.97. The van der Waals surface area contributed by atoms with E-state index in [0.29, 0.717) is 17.7 Å². The van der Waals surface area contributed by atoms with Crippen LogP contribution in [0.25, 0.3) is 0 Å². The zero-order valence-electron chi connectivity index (χ0n) is 13.3. The third-order valence-corrected chi connectivity index (χ3v) is 3.37. The van der Waals surface area contributed by atoms with E-state index in [4.69, 9.17) is 9.47 Å². The summed E-state index contributed by atoms with van der Waals surface area (Å²) in [6, 6.07) is 0.156. The monoisotopic (exact) mass is 281 g/mol. The van der Waals surface area contributed by atoms with Crippen LogP contribution in [0, 0.1) is 5.92 Å². The molecule has 1 aromatic heterocycles. The fraction of sp³-hybridized carbons (Fsp3) is 0.733. The van der Waals surface area contributed by atoms with Crippen molar-refractivity contribution in [2.45, 2.75) is 46.1 Å². The minimum atomic E-state index is 0.156. The van der Waals surface area contributed by atoms with Crippen LogP contribution in [0.1, 0.15) is 51.8 Å². The molecule has 2 unspecified atom stereocenters. The van der Waals surface area contributed by atoms with E-state index in [0.717, 1.165) is 31.5 Å². The first-order valence-electron chi connectivity index (χ1n) is 7.36. The van der Waals surface area contributed by atoms with Crippen LogP contribution in [0.5, 0.6) is 11.8 Å². The van der Waals surface area contributed by atoms with Gasteiger partial charge >= 0.3 is 0 Å². The highest BCUT2D eigenvalue weighted by Crippen LogP contribution is 2.30. The standard InChI is InChI=1S/C15H27N3O2/c1-6-8-11(3)13(16-9-7-2)14-15(20-5)18-12(19-4)10-17-14/h10-11,13,16H,6-9H2,1-5H3. The van der Waals surface area contributed by atoms with Crippen molar-refractivity contribution in [3.05, 3.63) is 11.9 Å². The van der Waals surface area contributed by atoms with E-state index in [1.165, 1.54) is 0 Å². The summed E-state index contributed by atoms with van der Waals surface area (Å²) in [4.78, 5) is 8.84. The minimum Gasteiger partial charge on any atom is -0.480 e. The molecule has 20 heavy (non-hydrogen) atoms. The molecule has 114 valence electrons. The number of nitrogens with one attached hydrogen (secondary N) is 1. The van der Waals surface area contributed by atoms with Crippen LogP contribution in [0.15, 0.2) is 6.20 Å². The zero-order valence-corrected chi connectivity index (χ0v) is 13.3. The maximum atomic E-state index is 5.38. The molecule has 0 aliphatic heterocycles. The molecule has 5 heteroatoms. The summed E-state index contributed by atoms with van der Waals surface area (Å²) in [5.41, 5.74) is 0.864. The van der Waals surface area contributed by atoms with Gasteiger partial charge < -0.3 is 14.8 Å². The second kappa shape index (κ2) is 8.74. The molecule has 0 amide bonds. The first-order chi connectivity index (χ1) is 9.67. The molecule has 1 rings (SSSR count). The van der Waals surface area contributed by atoms with Crippen molar-refractivity contribution < 1.29 is 9.47 Å². The molecule has 0 saturated carbocycles. The smallest absolute Gasteiger partial charge is 0.240 e. The van der Waals surface area contributed by atoms with E-state index in [-0.39, 0.29) is 6.04 Å². The maximum Gasteiger partial charge on any atom is 0.240 e. The number of ether oxygens (including phenoxy) is 2. The molecule has 0 aliphatic rings. The number of methoxy groups -OCH3 is 2. The highest BCUT2D eigenvalue weighted by molar-refractivity contribution is 5.26. The van der Waals surface area contributed by atoms with Crippen molar-refractivity contribution in [2.75, 3.05) is 20.8 Å². The Hall–Kier alpha value is -1.36. The lowest BCUT2D eigenvalue weighted by atomic mass is 9.94. The van der Waals surface area contributed by atoms with Gasteiger partial charge in [-0.25, -0.2) is 4.98 Å². The Balaban J connectivity index is 3.04. The molecule has 0 bridgehead atoms. The van der Waals surface area contributed by atoms with Gasteiger partial charge in [-0.3, -0.25) is 0 Å². The second-order valence-electron chi connectivity index (χ2n) is 5.00. The summed E-state index contributed by atoms with van der Waals surface area (Å²) in [7, 11) is 3.20. The molecule has 0 aromatic carbocycles. The van der Waals surface area contributed by atoms with E-state index in [2.05, 4.69) is 36.1 Å². The molecule has 0 saturated heterocycles. The summed E-state index contributed by atoms with van der Waals surface area (Å²) < 4.78 is 10.5. The summed E-state index contributed by atoms with van der Waals surface area (Å²) in [6.45, 7) is 7.55. The van der Waals surface area contributed by atoms with Crippen LogP contribution in [-0.2, 0) is 0 Å². The number of rotatable bonds is 9. The van der Waals surface area contributed by atoms with Crippen molar-refractivity contribution in [2.24, 2.45) is 5.92 Å². The summed E-state index contributed by atoms with van der Waals surface area (Å²) in [5, 5.41) is 3.56. The Labute approximate surface area is 122 Å². The number of hydrogen-bond donors (Lipinski definition) is 1. The van der Waals surface area contributed by atoms with Gasteiger partial charge in [0.1, 0.15) is 5.69 Å². The second-order valence-corrected chi connectivity index (χ2v) is 5.00. The van der Waals surface area contributed by atoms with Crippen LogP contribution in [0.3, 0.4) is 0 Å². The zero-order chi connectivity index (χ0) is 15.0. The predicted molar refractivity (Wildman–Crippen MR) is 80.2 cm³/mol. The van der Waals surface area contributed by atoms with Gasteiger partial charge in [-0.1, -0.05) is 27.2 Å². The van der Waals surface area contributed by atoms with Crippen LogP contribution in [0.4, 0.5) is 0 Å². The molecule has 0 fully saturated rings. The largest absolute Gasteiger partial charge is 0.480 e. The number of hydrogen-bond acceptors (Lipinski definition) is 5. The van der Waals surface area contributed by atoms with Gasteiger partial charge in [-0.05, 0) is 25.3 Å². The molecule has 1 aromatic rings. The van der Waals surface area contributed by atoms with Gasteiger partial charge in [0.05, 0.1) is 26.5 Å². The van der Waals surface area contributed by atoms with Crippen molar-refractivity contribution in [1.82, 2.24) is 15.3 Å². The van der Waals surface area contributed by atoms with Gasteiger partial charge in [0.15, 0.2) is 0 Å². The van der Waals surface area contributed by atoms with Crippen molar-refractivity contribution in [3.63, 3.8) is 0 Å². The highest BCUT2D eigenvalue weighted by atomic mass is 16.5. The van der Waals surface area contributed by atoms with Gasteiger partial charge in [-0.2, -0.15) is 4.98 Å². The topological polar surface area (TPSA) is 56.3 Å². The highest BCUT2D eigenvalue weighted by Gasteiger charge is 2.24. The molecule has 0 aliphatic carbocycles. The molecule has 0 spiro atoms. The van der Waals surface area contributed by atoms with Crippen molar-refractivity contribution in [3.8, 4) is 11.8 Å². The molecular formula is C15H27N3O2. The number of nitrogens with zero attached hydrogens (tertiary/aromatic N) is 2. The fourth-order valence-electron chi connectivity index (χ4n) is 2.32. The average molecular weight is 281 g/mol. The Bertz CT molecular complexity index is 399. The van der Waals surface area contributed by atoms with Gasteiger partial charge in [-0.15, -0.1) is 0 Å². The lowest BCUT2D eigenvalue weighted by Gasteiger charge is -2.25. The third-order valence-electron chi connectivity index (χ3n) is 3.37. The SMILES string of the molecule is CCCNC(c1ncc(OC)nc1OC)C(C)CCC. The molecule has 5 nitrogen and oxygen atoms in total. The van der Waals surface area contributed by atoms with Crippen LogP contribution in [-0.4, -0.2) is 30.7 Å². The Morgan fingerprint density at radius 2 is 1.95 bits per heavy atom. The van der Waals surface area contributed by atoms with Crippen LogP contribution >= 0.6 is 0 Å². The lowest BCUT2D eigenvalue weighted by Crippen LogP contribution is -2.29. The van der Waals surface area contributed by atoms with Crippen molar-refractivity contribution >= 4 is 0 Å². The van der Waals surface area contributed by atoms with Gasteiger partial charge in [0.25, 0.3) is 0 Å². The van der Waals surface area contributed by atoms with E-state index in [1.807, 2.05) is 0 Å². The van der Waals surface area contributed by atoms with Gasteiger partial charge in [0.2, 0.25) is 11.8 Å². The molecule has 1 heterocycles. The fourth-order valence-corrected chi connectivity index (χ4v) is 2.32. The quantitative estimate of drug-likeness (QED) is 0.754. The van der Waals surface area contributed by atoms with Crippen molar-refractivity contribution in [1.29, 1.82) is 0 Å². The van der Waals surface area contributed by atoms with E-state index >= 15 is 0 Å². The first-order valence-corrected chi connectivity index (χ1v) is 7.36. The van der Waals surface area contributed by atoms with E-state index < -0.39 is 0 Å². The van der Waals surface area contributed by atoms with Gasteiger partial charge in [0, 0.05) is 0 Å². The Kier molecular flexibility index (Phi) is 7.30. The maximum absolute atomic E-state index is 5.38. The van der Waals surface area contributed by atoms with E-state index in [9.17, 15) is 0 Å². The van der Waals surface area contributed by atoms with E-state index in [1.54, 1.807) is 20.4 Å². The third kappa shape index (κ3) is 4.34. The Morgan fingerprint density at radius 3 is 2.50 bits per heavy atom. The Morgan fingerprint density at radius 1 is 1.20 bits per heavy atom. The van der Waals surface area contributed by atoms with Crippen LogP contribution in [0.2, 0.25) is 0 Å². The summed E-state index contributed by atoms with van der Waals surface area (Å²) in [5.74, 6) is 1.49. The molecular weight excluding hydrogens is 254 g/mol. The summed E-state index contributed by atoms with van der Waals surface area (Å²) >= 11 is 0. The molecule has 0 radical (unpaired) electrons. The average Bonchev–Trinajstić information content (AvgIpc) is 2.48. The normalized spacial score (nSPS) is 13.8. The molecule has 1 N–H and O–H groups in total. The lowest BCUT2D eigenvalue weighted by molar-refractivity contribution is 0.318. The number of aromatic nitrogens is 2. The first kappa shape index (κ1) is 16.7. The molecule has 2 atom stereocenters. The minimum absolute atomic E-state index is 0.156. The van der Waals surface area contributed by atoms with Crippen LogP contribution < -0.4 is 14.8 Å².